The molecule has 0 fully saturated rings. The van der Waals surface area contributed by atoms with E-state index in [4.69, 9.17) is 5.73 Å². The Morgan fingerprint density at radius 3 is 2.65 bits per heavy atom. The predicted molar refractivity (Wildman–Crippen MR) is 80.9 cm³/mol. The van der Waals surface area contributed by atoms with Crippen molar-refractivity contribution in [2.45, 2.75) is 27.2 Å². The highest BCUT2D eigenvalue weighted by Gasteiger charge is 2.19. The number of nitrogen functional groups attached to an aromatic ring is 1. The molecule has 0 spiro atoms. The maximum Gasteiger partial charge on any atom is 0.276 e. The van der Waals surface area contributed by atoms with Crippen LogP contribution in [0.15, 0.2) is 18.2 Å². The van der Waals surface area contributed by atoms with Crippen molar-refractivity contribution in [3.8, 4) is 0 Å². The zero-order chi connectivity index (χ0) is 14.9. The Morgan fingerprint density at radius 2 is 2.10 bits per heavy atom. The van der Waals surface area contributed by atoms with E-state index in [2.05, 4.69) is 10.4 Å². The monoisotopic (exact) mass is 272 g/mol. The molecule has 0 aliphatic carbocycles. The van der Waals surface area contributed by atoms with E-state index < -0.39 is 0 Å². The fourth-order valence-corrected chi connectivity index (χ4v) is 2.26. The number of hydrogen-bond donors (Lipinski definition) is 2. The number of hydrogen-bond acceptors (Lipinski definition) is 3. The SMILES string of the molecule is CCc1nn(C)c(C(=O)Nc2ccc(C)cc2C)c1N. The summed E-state index contributed by atoms with van der Waals surface area (Å²) in [5.74, 6) is -0.232. The van der Waals surface area contributed by atoms with E-state index in [9.17, 15) is 4.79 Å². The Hall–Kier alpha value is -2.30. The number of rotatable bonds is 3. The fourth-order valence-electron chi connectivity index (χ4n) is 2.26. The topological polar surface area (TPSA) is 72.9 Å². The summed E-state index contributed by atoms with van der Waals surface area (Å²) in [6, 6.07) is 5.89. The summed E-state index contributed by atoms with van der Waals surface area (Å²) >= 11 is 0. The fraction of sp³-hybridized carbons (Fsp3) is 0.333. The van der Waals surface area contributed by atoms with Gasteiger partial charge in [-0.25, -0.2) is 0 Å². The molecule has 5 heteroatoms. The summed E-state index contributed by atoms with van der Waals surface area (Å²) < 4.78 is 1.53. The van der Waals surface area contributed by atoms with E-state index in [1.54, 1.807) is 7.05 Å². The molecule has 3 N–H and O–H groups in total. The number of carbonyl (C=O) groups excluding carboxylic acids is 1. The Kier molecular flexibility index (Phi) is 3.79. The summed E-state index contributed by atoms with van der Waals surface area (Å²) in [4.78, 5) is 12.4. The van der Waals surface area contributed by atoms with Gasteiger partial charge in [-0.2, -0.15) is 5.10 Å². The number of aryl methyl sites for hydroxylation is 4. The smallest absolute Gasteiger partial charge is 0.276 e. The lowest BCUT2D eigenvalue weighted by Gasteiger charge is -2.09. The van der Waals surface area contributed by atoms with Crippen LogP contribution in [0.5, 0.6) is 0 Å². The largest absolute Gasteiger partial charge is 0.395 e. The molecule has 0 radical (unpaired) electrons. The van der Waals surface area contributed by atoms with Gasteiger partial charge in [0.1, 0.15) is 5.69 Å². The molecule has 1 aromatic heterocycles. The highest BCUT2D eigenvalue weighted by atomic mass is 16.2. The molecule has 106 valence electrons. The second kappa shape index (κ2) is 5.36. The summed E-state index contributed by atoms with van der Waals surface area (Å²) in [5, 5.41) is 7.15. The van der Waals surface area contributed by atoms with Crippen molar-refractivity contribution in [3.63, 3.8) is 0 Å². The van der Waals surface area contributed by atoms with Crippen LogP contribution in [0.3, 0.4) is 0 Å². The maximum absolute atomic E-state index is 12.4. The highest BCUT2D eigenvalue weighted by molar-refractivity contribution is 6.07. The average molecular weight is 272 g/mol. The molecule has 1 heterocycles. The molecule has 20 heavy (non-hydrogen) atoms. The van der Waals surface area contributed by atoms with Crippen molar-refractivity contribution >= 4 is 17.3 Å². The van der Waals surface area contributed by atoms with Crippen molar-refractivity contribution in [2.24, 2.45) is 7.05 Å². The molecule has 0 unspecified atom stereocenters. The van der Waals surface area contributed by atoms with Gasteiger partial charge >= 0.3 is 0 Å². The molecule has 2 rings (SSSR count). The quantitative estimate of drug-likeness (QED) is 0.901. The number of nitrogens with zero attached hydrogens (tertiary/aromatic N) is 2. The van der Waals surface area contributed by atoms with E-state index in [0.717, 1.165) is 22.5 Å². The standard InChI is InChI=1S/C15H20N4O/c1-5-11-13(16)14(19(4)18-11)15(20)17-12-7-6-9(2)8-10(12)3/h6-8H,5,16H2,1-4H3,(H,17,20). The third kappa shape index (κ3) is 2.52. The van der Waals surface area contributed by atoms with Crippen LogP contribution in [-0.2, 0) is 13.5 Å². The van der Waals surface area contributed by atoms with Crippen LogP contribution in [0.1, 0.15) is 34.2 Å². The highest BCUT2D eigenvalue weighted by Crippen LogP contribution is 2.21. The lowest BCUT2D eigenvalue weighted by Crippen LogP contribution is -2.18. The summed E-state index contributed by atoms with van der Waals surface area (Å²) in [6.07, 6.45) is 0.705. The second-order valence-electron chi connectivity index (χ2n) is 4.96. The van der Waals surface area contributed by atoms with Crippen molar-refractivity contribution in [1.82, 2.24) is 9.78 Å². The van der Waals surface area contributed by atoms with Gasteiger partial charge in [0.2, 0.25) is 0 Å². The van der Waals surface area contributed by atoms with Gasteiger partial charge in [0.05, 0.1) is 11.4 Å². The molecule has 2 aromatic rings. The van der Waals surface area contributed by atoms with Gasteiger partial charge in [-0.05, 0) is 31.9 Å². The molecule has 0 saturated carbocycles. The molecular weight excluding hydrogens is 252 g/mol. The first-order valence-corrected chi connectivity index (χ1v) is 6.64. The molecule has 0 aliphatic heterocycles. The van der Waals surface area contributed by atoms with E-state index in [-0.39, 0.29) is 5.91 Å². The van der Waals surface area contributed by atoms with Crippen LogP contribution in [0.25, 0.3) is 0 Å². The molecule has 1 aromatic carbocycles. The first-order chi connectivity index (χ1) is 9.43. The van der Waals surface area contributed by atoms with Gasteiger partial charge in [-0.15, -0.1) is 0 Å². The third-order valence-corrected chi connectivity index (χ3v) is 3.34. The molecular formula is C15H20N4O. The number of benzene rings is 1. The van der Waals surface area contributed by atoms with Gasteiger partial charge in [-0.3, -0.25) is 9.48 Å². The van der Waals surface area contributed by atoms with Gasteiger partial charge in [0.25, 0.3) is 5.91 Å². The Labute approximate surface area is 118 Å². The molecule has 0 atom stereocenters. The zero-order valence-electron chi connectivity index (χ0n) is 12.3. The average Bonchev–Trinajstić information content (AvgIpc) is 2.67. The van der Waals surface area contributed by atoms with Crippen LogP contribution in [0, 0.1) is 13.8 Å². The maximum atomic E-state index is 12.4. The van der Waals surface area contributed by atoms with E-state index in [1.165, 1.54) is 4.68 Å². The second-order valence-corrected chi connectivity index (χ2v) is 4.96. The number of aromatic nitrogens is 2. The molecule has 0 saturated heterocycles. The van der Waals surface area contributed by atoms with Crippen molar-refractivity contribution in [1.29, 1.82) is 0 Å². The molecule has 0 bridgehead atoms. The first-order valence-electron chi connectivity index (χ1n) is 6.64. The van der Waals surface area contributed by atoms with Gasteiger partial charge in [-0.1, -0.05) is 24.6 Å². The Morgan fingerprint density at radius 1 is 1.40 bits per heavy atom. The van der Waals surface area contributed by atoms with Gasteiger partial charge in [0, 0.05) is 12.7 Å². The normalized spacial score (nSPS) is 10.6. The van der Waals surface area contributed by atoms with Crippen molar-refractivity contribution in [2.75, 3.05) is 11.1 Å². The van der Waals surface area contributed by atoms with Gasteiger partial charge < -0.3 is 11.1 Å². The van der Waals surface area contributed by atoms with E-state index in [1.807, 2.05) is 39.0 Å². The third-order valence-electron chi connectivity index (χ3n) is 3.34. The molecule has 1 amide bonds. The van der Waals surface area contributed by atoms with Crippen LogP contribution < -0.4 is 11.1 Å². The lowest BCUT2D eigenvalue weighted by atomic mass is 10.1. The van der Waals surface area contributed by atoms with Gasteiger partial charge in [0.15, 0.2) is 0 Å². The van der Waals surface area contributed by atoms with Crippen LogP contribution in [0.4, 0.5) is 11.4 Å². The van der Waals surface area contributed by atoms with Crippen LogP contribution in [-0.4, -0.2) is 15.7 Å². The van der Waals surface area contributed by atoms with E-state index in [0.29, 0.717) is 17.8 Å². The number of amides is 1. The number of anilines is 2. The molecule has 0 aliphatic rings. The minimum Gasteiger partial charge on any atom is -0.395 e. The summed E-state index contributed by atoms with van der Waals surface area (Å²) in [6.45, 7) is 5.95. The predicted octanol–water partition coefficient (Wildman–Crippen LogP) is 2.43. The first kappa shape index (κ1) is 14.1. The zero-order valence-corrected chi connectivity index (χ0v) is 12.3. The van der Waals surface area contributed by atoms with Crippen molar-refractivity contribution in [3.05, 3.63) is 40.7 Å². The Bertz CT molecular complexity index is 658. The number of nitrogens with one attached hydrogen (secondary N) is 1. The van der Waals surface area contributed by atoms with Crippen LogP contribution >= 0.6 is 0 Å². The lowest BCUT2D eigenvalue weighted by molar-refractivity contribution is 0.101. The molecule has 5 nitrogen and oxygen atoms in total. The van der Waals surface area contributed by atoms with Crippen molar-refractivity contribution < 1.29 is 4.79 Å². The summed E-state index contributed by atoms with van der Waals surface area (Å²) in [7, 11) is 1.73. The number of carbonyl (C=O) groups is 1. The minimum atomic E-state index is -0.232. The van der Waals surface area contributed by atoms with Crippen LogP contribution in [0.2, 0.25) is 0 Å². The van der Waals surface area contributed by atoms with E-state index >= 15 is 0 Å². The number of nitrogens with two attached hydrogens (primary N) is 1. The summed E-state index contributed by atoms with van der Waals surface area (Å²) in [5.41, 5.74) is 10.6. The Balaban J connectivity index is 2.31. The minimum absolute atomic E-state index is 0.232.